The van der Waals surface area contributed by atoms with Crippen molar-refractivity contribution in [2.24, 2.45) is 0 Å². The van der Waals surface area contributed by atoms with Crippen molar-refractivity contribution >= 4 is 33.2 Å². The van der Waals surface area contributed by atoms with E-state index in [-0.39, 0.29) is 16.2 Å². The minimum absolute atomic E-state index is 0.237. The largest absolute Gasteiger partial charge is 0.347 e. The first kappa shape index (κ1) is 12.2. The van der Waals surface area contributed by atoms with E-state index < -0.39 is 0 Å². The lowest BCUT2D eigenvalue weighted by atomic mass is 10.2. The lowest BCUT2D eigenvalue weighted by Crippen LogP contribution is -2.22. The van der Waals surface area contributed by atoms with Crippen molar-refractivity contribution in [1.82, 2.24) is 10.3 Å². The van der Waals surface area contributed by atoms with Crippen molar-refractivity contribution in [3.8, 4) is 0 Å². The molecule has 0 unspecified atom stereocenters. The molecule has 0 spiro atoms. The number of carbonyl (C=O) groups excluding carboxylic acids is 1. The Bertz CT molecular complexity index is 530. The van der Waals surface area contributed by atoms with Crippen molar-refractivity contribution < 1.29 is 9.18 Å². The van der Waals surface area contributed by atoms with Crippen molar-refractivity contribution in [2.45, 2.75) is 6.54 Å². The Morgan fingerprint density at radius 1 is 1.53 bits per heavy atom. The summed E-state index contributed by atoms with van der Waals surface area (Å²) in [6.07, 6.45) is 1.70. The number of benzene rings is 1. The second kappa shape index (κ2) is 5.37. The van der Waals surface area contributed by atoms with Crippen LogP contribution in [0.3, 0.4) is 0 Å². The number of amides is 1. The third kappa shape index (κ3) is 3.10. The highest BCUT2D eigenvalue weighted by molar-refractivity contribution is 9.10. The molecule has 1 amide bonds. The van der Waals surface area contributed by atoms with Gasteiger partial charge in [0.15, 0.2) is 0 Å². The predicted octanol–water partition coefficient (Wildman–Crippen LogP) is 2.97. The van der Waals surface area contributed by atoms with Crippen LogP contribution in [-0.4, -0.2) is 10.9 Å². The van der Waals surface area contributed by atoms with E-state index in [1.807, 2.05) is 0 Å². The van der Waals surface area contributed by atoms with E-state index in [9.17, 15) is 9.18 Å². The maximum absolute atomic E-state index is 13.0. The average molecular weight is 315 g/mol. The first-order chi connectivity index (χ1) is 8.16. The molecule has 0 bridgehead atoms. The highest BCUT2D eigenvalue weighted by Crippen LogP contribution is 2.16. The van der Waals surface area contributed by atoms with Gasteiger partial charge in [0.05, 0.1) is 16.5 Å². The van der Waals surface area contributed by atoms with Gasteiger partial charge in [-0.1, -0.05) is 0 Å². The summed E-state index contributed by atoms with van der Waals surface area (Å²) in [4.78, 5) is 16.6. The number of thiazole rings is 1. The SMILES string of the molecule is O=C(NCc1cncs1)c1ccc(F)c(Br)c1. The molecule has 88 valence electrons. The summed E-state index contributed by atoms with van der Waals surface area (Å²) >= 11 is 4.51. The van der Waals surface area contributed by atoms with Gasteiger partial charge in [0, 0.05) is 16.6 Å². The molecular formula is C11H8BrFN2OS. The second-order valence-electron chi connectivity index (χ2n) is 3.28. The molecule has 3 nitrogen and oxygen atoms in total. The smallest absolute Gasteiger partial charge is 0.251 e. The molecule has 2 aromatic rings. The molecule has 2 rings (SSSR count). The van der Waals surface area contributed by atoms with E-state index in [1.54, 1.807) is 11.7 Å². The molecule has 1 aromatic carbocycles. The molecule has 0 saturated carbocycles. The van der Waals surface area contributed by atoms with Crippen LogP contribution in [0.4, 0.5) is 4.39 Å². The molecule has 1 heterocycles. The summed E-state index contributed by atoms with van der Waals surface area (Å²) in [5.41, 5.74) is 2.12. The number of hydrogen-bond acceptors (Lipinski definition) is 3. The molecule has 0 aliphatic rings. The summed E-state index contributed by atoms with van der Waals surface area (Å²) in [6.45, 7) is 0.429. The lowest BCUT2D eigenvalue weighted by Gasteiger charge is -2.04. The van der Waals surface area contributed by atoms with Gasteiger partial charge in [0.2, 0.25) is 0 Å². The number of aromatic nitrogens is 1. The van der Waals surface area contributed by atoms with E-state index >= 15 is 0 Å². The standard InChI is InChI=1S/C11H8BrFN2OS/c12-9-3-7(1-2-10(9)13)11(16)15-5-8-4-14-6-17-8/h1-4,6H,5H2,(H,15,16). The monoisotopic (exact) mass is 314 g/mol. The van der Waals surface area contributed by atoms with Gasteiger partial charge in [-0.05, 0) is 34.1 Å². The summed E-state index contributed by atoms with van der Waals surface area (Å²) in [5, 5.41) is 2.74. The molecule has 1 N–H and O–H groups in total. The van der Waals surface area contributed by atoms with Crippen molar-refractivity contribution in [1.29, 1.82) is 0 Å². The first-order valence-electron chi connectivity index (χ1n) is 4.77. The summed E-state index contributed by atoms with van der Waals surface area (Å²) in [6, 6.07) is 4.16. The van der Waals surface area contributed by atoms with E-state index in [0.29, 0.717) is 12.1 Å². The van der Waals surface area contributed by atoms with Gasteiger partial charge in [0.1, 0.15) is 5.82 Å². The number of carbonyl (C=O) groups is 1. The van der Waals surface area contributed by atoms with E-state index in [2.05, 4.69) is 26.2 Å². The van der Waals surface area contributed by atoms with E-state index in [4.69, 9.17) is 0 Å². The van der Waals surface area contributed by atoms with Crippen LogP contribution in [0.2, 0.25) is 0 Å². The molecule has 0 atom stereocenters. The Balaban J connectivity index is 2.02. The first-order valence-corrected chi connectivity index (χ1v) is 6.44. The summed E-state index contributed by atoms with van der Waals surface area (Å²) < 4.78 is 13.3. The van der Waals surface area contributed by atoms with Crippen LogP contribution < -0.4 is 5.32 Å². The molecule has 0 fully saturated rings. The lowest BCUT2D eigenvalue weighted by molar-refractivity contribution is 0.0951. The maximum Gasteiger partial charge on any atom is 0.251 e. The van der Waals surface area contributed by atoms with Crippen LogP contribution in [0.1, 0.15) is 15.2 Å². The summed E-state index contributed by atoms with van der Waals surface area (Å²) in [5.74, 6) is -0.622. The zero-order valence-electron chi connectivity index (χ0n) is 8.61. The fourth-order valence-electron chi connectivity index (χ4n) is 1.24. The van der Waals surface area contributed by atoms with Crippen molar-refractivity contribution in [3.63, 3.8) is 0 Å². The summed E-state index contributed by atoms with van der Waals surface area (Å²) in [7, 11) is 0. The normalized spacial score (nSPS) is 10.2. The average Bonchev–Trinajstić information content (AvgIpc) is 2.82. The van der Waals surface area contributed by atoms with Gasteiger partial charge < -0.3 is 5.32 Å². The van der Waals surface area contributed by atoms with Crippen LogP contribution in [0.25, 0.3) is 0 Å². The van der Waals surface area contributed by atoms with Gasteiger partial charge in [-0.15, -0.1) is 11.3 Å². The predicted molar refractivity (Wildman–Crippen MR) is 67.4 cm³/mol. The molecule has 0 aliphatic carbocycles. The van der Waals surface area contributed by atoms with Crippen LogP contribution >= 0.6 is 27.3 Å². The van der Waals surface area contributed by atoms with Crippen LogP contribution in [0.5, 0.6) is 0 Å². The number of halogens is 2. The Hall–Kier alpha value is -1.27. The van der Waals surface area contributed by atoms with E-state index in [0.717, 1.165) is 4.88 Å². The minimum Gasteiger partial charge on any atom is -0.347 e. The minimum atomic E-state index is -0.385. The van der Waals surface area contributed by atoms with E-state index in [1.165, 1.54) is 29.5 Å². The topological polar surface area (TPSA) is 42.0 Å². The molecule has 0 saturated heterocycles. The zero-order valence-corrected chi connectivity index (χ0v) is 11.0. The van der Waals surface area contributed by atoms with Crippen LogP contribution in [0, 0.1) is 5.82 Å². The molecule has 1 aromatic heterocycles. The van der Waals surface area contributed by atoms with Crippen molar-refractivity contribution in [2.75, 3.05) is 0 Å². The van der Waals surface area contributed by atoms with Gasteiger partial charge >= 0.3 is 0 Å². The fraction of sp³-hybridized carbons (Fsp3) is 0.0909. The maximum atomic E-state index is 13.0. The number of rotatable bonds is 3. The number of hydrogen-bond donors (Lipinski definition) is 1. The van der Waals surface area contributed by atoms with Crippen LogP contribution in [0.15, 0.2) is 34.4 Å². The third-order valence-corrected chi connectivity index (χ3v) is 3.48. The van der Waals surface area contributed by atoms with Gasteiger partial charge in [0.25, 0.3) is 5.91 Å². The highest BCUT2D eigenvalue weighted by atomic mass is 79.9. The van der Waals surface area contributed by atoms with Gasteiger partial charge in [-0.25, -0.2) is 4.39 Å². The molecule has 6 heteroatoms. The van der Waals surface area contributed by atoms with Crippen molar-refractivity contribution in [3.05, 3.63) is 50.6 Å². The highest BCUT2D eigenvalue weighted by Gasteiger charge is 2.08. The third-order valence-electron chi connectivity index (χ3n) is 2.09. The Labute approximate surface area is 110 Å². The Morgan fingerprint density at radius 3 is 3.00 bits per heavy atom. The second-order valence-corrected chi connectivity index (χ2v) is 5.10. The molecule has 17 heavy (non-hydrogen) atoms. The Kier molecular flexibility index (Phi) is 3.86. The molecular weight excluding hydrogens is 307 g/mol. The Morgan fingerprint density at radius 2 is 2.35 bits per heavy atom. The molecule has 0 aliphatic heterocycles. The van der Waals surface area contributed by atoms with Crippen LogP contribution in [-0.2, 0) is 6.54 Å². The number of nitrogens with zero attached hydrogens (tertiary/aromatic N) is 1. The number of nitrogens with one attached hydrogen (secondary N) is 1. The van der Waals surface area contributed by atoms with Gasteiger partial charge in [-0.3, -0.25) is 9.78 Å². The zero-order chi connectivity index (χ0) is 12.3. The molecule has 0 radical (unpaired) electrons. The van der Waals surface area contributed by atoms with Gasteiger partial charge in [-0.2, -0.15) is 0 Å². The quantitative estimate of drug-likeness (QED) is 0.946. The fourth-order valence-corrected chi connectivity index (χ4v) is 2.15.